The summed E-state index contributed by atoms with van der Waals surface area (Å²) >= 11 is 0. The summed E-state index contributed by atoms with van der Waals surface area (Å²) in [5.41, 5.74) is 1.38. The van der Waals surface area contributed by atoms with Crippen molar-refractivity contribution in [2.75, 3.05) is 13.1 Å². The van der Waals surface area contributed by atoms with Gasteiger partial charge in [-0.05, 0) is 38.4 Å². The van der Waals surface area contributed by atoms with Crippen LogP contribution in [0, 0.1) is 0 Å². The number of aromatic nitrogens is 5. The molecule has 0 spiro atoms. The van der Waals surface area contributed by atoms with Crippen molar-refractivity contribution in [3.05, 3.63) is 59.5 Å². The zero-order chi connectivity index (χ0) is 19.3. The van der Waals surface area contributed by atoms with Crippen molar-refractivity contribution in [1.29, 1.82) is 0 Å². The van der Waals surface area contributed by atoms with E-state index in [0.29, 0.717) is 23.8 Å². The lowest BCUT2D eigenvalue weighted by Crippen LogP contribution is -2.29. The minimum Gasteiger partial charge on any atom is -0.341 e. The maximum absolute atomic E-state index is 12.5. The fourth-order valence-corrected chi connectivity index (χ4v) is 3.25. The topological polar surface area (TPSA) is 111 Å². The maximum atomic E-state index is 12.5. The molecular formula is C19H23N7O2. The molecule has 4 rings (SSSR count). The molecule has 3 heterocycles. The van der Waals surface area contributed by atoms with Crippen LogP contribution in [0.2, 0.25) is 0 Å². The Bertz CT molecular complexity index is 915. The Morgan fingerprint density at radius 2 is 2.11 bits per heavy atom. The third-order valence-electron chi connectivity index (χ3n) is 4.84. The van der Waals surface area contributed by atoms with Crippen molar-refractivity contribution in [3.8, 4) is 0 Å². The molecule has 0 aliphatic carbocycles. The Balaban J connectivity index is 1.36. The molecule has 0 radical (unpaired) electrons. The van der Waals surface area contributed by atoms with E-state index in [1.54, 1.807) is 10.9 Å². The summed E-state index contributed by atoms with van der Waals surface area (Å²) in [4.78, 5) is 16.9. The van der Waals surface area contributed by atoms with Gasteiger partial charge in [0.1, 0.15) is 0 Å². The van der Waals surface area contributed by atoms with Gasteiger partial charge < -0.3 is 15.2 Å². The molecule has 1 saturated heterocycles. The third kappa shape index (κ3) is 4.25. The quantitative estimate of drug-likeness (QED) is 0.668. The van der Waals surface area contributed by atoms with Gasteiger partial charge in [-0.15, -0.1) is 5.10 Å². The number of rotatable bonds is 6. The number of carbonyl (C=O) groups excluding carboxylic acids is 1. The lowest BCUT2D eigenvalue weighted by molar-refractivity contribution is 0.0932. The Labute approximate surface area is 162 Å². The van der Waals surface area contributed by atoms with E-state index < -0.39 is 6.04 Å². The van der Waals surface area contributed by atoms with Crippen LogP contribution in [0.5, 0.6) is 0 Å². The van der Waals surface area contributed by atoms with E-state index >= 15 is 0 Å². The lowest BCUT2D eigenvalue weighted by atomic mass is 10.1. The van der Waals surface area contributed by atoms with E-state index in [1.807, 2.05) is 37.3 Å². The predicted octanol–water partition coefficient (Wildman–Crippen LogP) is 1.67. The van der Waals surface area contributed by atoms with Crippen molar-refractivity contribution in [2.45, 2.75) is 38.3 Å². The second-order valence-corrected chi connectivity index (χ2v) is 6.97. The second kappa shape index (κ2) is 8.30. The van der Waals surface area contributed by atoms with E-state index in [2.05, 4.69) is 31.1 Å². The lowest BCUT2D eigenvalue weighted by Gasteiger charge is -2.22. The molecule has 9 heteroatoms. The van der Waals surface area contributed by atoms with Crippen LogP contribution in [0.1, 0.15) is 59.6 Å². The van der Waals surface area contributed by atoms with Gasteiger partial charge in [-0.25, -0.2) is 4.68 Å². The zero-order valence-electron chi connectivity index (χ0n) is 15.7. The summed E-state index contributed by atoms with van der Waals surface area (Å²) in [6.07, 6.45) is 4.22. The molecule has 1 aliphatic rings. The summed E-state index contributed by atoms with van der Waals surface area (Å²) in [5, 5.41) is 18.3. The molecule has 146 valence electrons. The van der Waals surface area contributed by atoms with Gasteiger partial charge in [0.15, 0.2) is 11.5 Å². The van der Waals surface area contributed by atoms with E-state index in [4.69, 9.17) is 4.52 Å². The first-order valence-electron chi connectivity index (χ1n) is 9.49. The van der Waals surface area contributed by atoms with Crippen molar-refractivity contribution in [1.82, 2.24) is 35.8 Å². The third-order valence-corrected chi connectivity index (χ3v) is 4.84. The van der Waals surface area contributed by atoms with E-state index in [-0.39, 0.29) is 11.9 Å². The summed E-state index contributed by atoms with van der Waals surface area (Å²) < 4.78 is 7.09. The second-order valence-electron chi connectivity index (χ2n) is 6.97. The standard InChI is InChI=1S/C19H23N7O2/c1-13(18-22-17(28-24-18)11-14-5-3-2-4-6-14)21-19(27)16-12-26(25-23-16)15-7-9-20-10-8-15/h2-6,12-13,15,20H,7-11H2,1H3,(H,21,27). The Morgan fingerprint density at radius 3 is 2.89 bits per heavy atom. The first-order chi connectivity index (χ1) is 13.7. The predicted molar refractivity (Wildman–Crippen MR) is 101 cm³/mol. The smallest absolute Gasteiger partial charge is 0.274 e. The summed E-state index contributed by atoms with van der Waals surface area (Å²) in [5.74, 6) is 0.645. The highest BCUT2D eigenvalue weighted by atomic mass is 16.5. The SMILES string of the molecule is CC(NC(=O)c1cn(C2CCNCC2)nn1)c1noc(Cc2ccccc2)n1. The highest BCUT2D eigenvalue weighted by Crippen LogP contribution is 2.17. The van der Waals surface area contributed by atoms with Gasteiger partial charge in [-0.3, -0.25) is 4.79 Å². The van der Waals surface area contributed by atoms with Crippen LogP contribution < -0.4 is 10.6 Å². The normalized spacial score (nSPS) is 16.0. The summed E-state index contributed by atoms with van der Waals surface area (Å²) in [7, 11) is 0. The molecule has 1 amide bonds. The van der Waals surface area contributed by atoms with Gasteiger partial charge >= 0.3 is 0 Å². The fraction of sp³-hybridized carbons (Fsp3) is 0.421. The Kier molecular flexibility index (Phi) is 5.43. The molecule has 0 bridgehead atoms. The highest BCUT2D eigenvalue weighted by Gasteiger charge is 2.21. The number of benzene rings is 1. The van der Waals surface area contributed by atoms with Crippen molar-refractivity contribution in [3.63, 3.8) is 0 Å². The van der Waals surface area contributed by atoms with Crippen molar-refractivity contribution < 1.29 is 9.32 Å². The van der Waals surface area contributed by atoms with E-state index in [0.717, 1.165) is 31.5 Å². The van der Waals surface area contributed by atoms with Gasteiger partial charge in [-0.1, -0.05) is 40.7 Å². The van der Waals surface area contributed by atoms with Gasteiger partial charge in [0, 0.05) is 0 Å². The van der Waals surface area contributed by atoms with Crippen LogP contribution >= 0.6 is 0 Å². The molecule has 1 aliphatic heterocycles. The molecule has 1 atom stereocenters. The number of hydrogen-bond acceptors (Lipinski definition) is 7. The molecule has 3 aromatic rings. The van der Waals surface area contributed by atoms with Crippen LogP contribution in [0.3, 0.4) is 0 Å². The molecule has 1 unspecified atom stereocenters. The average Bonchev–Trinajstić information content (AvgIpc) is 3.39. The molecule has 28 heavy (non-hydrogen) atoms. The van der Waals surface area contributed by atoms with Crippen LogP contribution in [0.15, 0.2) is 41.1 Å². The number of carbonyl (C=O) groups is 1. The van der Waals surface area contributed by atoms with Gasteiger partial charge in [-0.2, -0.15) is 4.98 Å². The number of amides is 1. The maximum Gasteiger partial charge on any atom is 0.274 e. The molecular weight excluding hydrogens is 358 g/mol. The Hall–Kier alpha value is -3.07. The minimum absolute atomic E-state index is 0.283. The molecule has 2 N–H and O–H groups in total. The largest absolute Gasteiger partial charge is 0.341 e. The van der Waals surface area contributed by atoms with Gasteiger partial charge in [0.05, 0.1) is 24.7 Å². The monoisotopic (exact) mass is 381 g/mol. The van der Waals surface area contributed by atoms with Crippen LogP contribution in [-0.2, 0) is 6.42 Å². The summed E-state index contributed by atoms with van der Waals surface area (Å²) in [6.45, 7) is 3.71. The minimum atomic E-state index is -0.398. The van der Waals surface area contributed by atoms with Crippen molar-refractivity contribution in [2.24, 2.45) is 0 Å². The number of nitrogens with zero attached hydrogens (tertiary/aromatic N) is 5. The highest BCUT2D eigenvalue weighted by molar-refractivity contribution is 5.92. The fourth-order valence-electron chi connectivity index (χ4n) is 3.25. The molecule has 2 aromatic heterocycles. The van der Waals surface area contributed by atoms with Gasteiger partial charge in [0.2, 0.25) is 5.89 Å². The average molecular weight is 381 g/mol. The van der Waals surface area contributed by atoms with Gasteiger partial charge in [0.25, 0.3) is 5.91 Å². The first kappa shape index (κ1) is 18.3. The molecule has 1 aromatic carbocycles. The van der Waals surface area contributed by atoms with Crippen LogP contribution in [-0.4, -0.2) is 44.1 Å². The molecule has 1 fully saturated rings. The zero-order valence-corrected chi connectivity index (χ0v) is 15.7. The number of hydrogen-bond donors (Lipinski definition) is 2. The van der Waals surface area contributed by atoms with Crippen molar-refractivity contribution >= 4 is 5.91 Å². The van der Waals surface area contributed by atoms with Crippen LogP contribution in [0.4, 0.5) is 0 Å². The Morgan fingerprint density at radius 1 is 1.32 bits per heavy atom. The van der Waals surface area contributed by atoms with Crippen LogP contribution in [0.25, 0.3) is 0 Å². The van der Waals surface area contributed by atoms with E-state index in [1.165, 1.54) is 0 Å². The number of nitrogens with one attached hydrogen (secondary N) is 2. The summed E-state index contributed by atoms with van der Waals surface area (Å²) in [6, 6.07) is 9.78. The number of piperidine rings is 1. The first-order valence-corrected chi connectivity index (χ1v) is 9.49. The molecule has 9 nitrogen and oxygen atoms in total. The molecule has 0 saturated carbocycles. The van der Waals surface area contributed by atoms with E-state index in [9.17, 15) is 4.79 Å².